The van der Waals surface area contributed by atoms with Gasteiger partial charge in [0.05, 0.1) is 6.10 Å². The Labute approximate surface area is 98.3 Å². The Morgan fingerprint density at radius 1 is 1.19 bits per heavy atom. The lowest BCUT2D eigenvalue weighted by Crippen LogP contribution is -2.14. The summed E-state index contributed by atoms with van der Waals surface area (Å²) in [5.41, 5.74) is 1.28. The predicted octanol–water partition coefficient (Wildman–Crippen LogP) is 2.65. The zero-order valence-electron chi connectivity index (χ0n) is 10.2. The molecule has 16 heavy (non-hydrogen) atoms. The van der Waals surface area contributed by atoms with Crippen LogP contribution in [0.25, 0.3) is 0 Å². The largest absolute Gasteiger partial charge is 0.396 e. The Bertz CT molecular complexity index is 269. The zero-order chi connectivity index (χ0) is 11.8. The van der Waals surface area contributed by atoms with Gasteiger partial charge in [0.15, 0.2) is 0 Å². The third-order valence-electron chi connectivity index (χ3n) is 2.60. The molecule has 1 rings (SSSR count). The lowest BCUT2D eigenvalue weighted by molar-refractivity contribution is 0.0612. The molecule has 0 radical (unpaired) electrons. The average Bonchev–Trinajstić information content (AvgIpc) is 2.28. The Morgan fingerprint density at radius 2 is 1.88 bits per heavy atom. The Balaban J connectivity index is 2.32. The maximum atomic E-state index is 9.30. The van der Waals surface area contributed by atoms with Crippen LogP contribution in [0.4, 0.5) is 0 Å². The number of rotatable bonds is 7. The van der Waals surface area contributed by atoms with E-state index < -0.39 is 0 Å². The minimum absolute atomic E-state index is 0.232. The van der Waals surface area contributed by atoms with Crippen LogP contribution in [0.1, 0.15) is 25.8 Å². The van der Waals surface area contributed by atoms with E-state index in [1.165, 1.54) is 5.56 Å². The Morgan fingerprint density at radius 3 is 2.44 bits per heavy atom. The molecule has 0 spiro atoms. The number of hydrogen-bond acceptors (Lipinski definition) is 2. The molecular weight excluding hydrogens is 200 g/mol. The highest BCUT2D eigenvalue weighted by atomic mass is 16.5. The Kier molecular flexibility index (Phi) is 6.12. The normalized spacial score (nSPS) is 13.0. The van der Waals surface area contributed by atoms with Crippen molar-refractivity contribution in [2.24, 2.45) is 5.92 Å². The van der Waals surface area contributed by atoms with E-state index in [2.05, 4.69) is 12.1 Å². The first kappa shape index (κ1) is 13.2. The average molecular weight is 222 g/mol. The van der Waals surface area contributed by atoms with Crippen molar-refractivity contribution < 1.29 is 9.84 Å². The van der Waals surface area contributed by atoms with Gasteiger partial charge in [-0.2, -0.15) is 0 Å². The van der Waals surface area contributed by atoms with Crippen LogP contribution in [-0.2, 0) is 11.2 Å². The van der Waals surface area contributed by atoms with Crippen molar-refractivity contribution in [1.82, 2.24) is 0 Å². The van der Waals surface area contributed by atoms with E-state index in [0.29, 0.717) is 5.92 Å². The van der Waals surface area contributed by atoms with Crippen LogP contribution in [0.5, 0.6) is 0 Å². The molecule has 0 aliphatic carbocycles. The first-order valence-corrected chi connectivity index (χ1v) is 5.98. The van der Waals surface area contributed by atoms with E-state index in [4.69, 9.17) is 4.74 Å². The van der Waals surface area contributed by atoms with Gasteiger partial charge in [-0.3, -0.25) is 0 Å². The maximum Gasteiger partial charge on any atom is 0.0518 e. The van der Waals surface area contributed by atoms with E-state index in [-0.39, 0.29) is 12.7 Å². The summed E-state index contributed by atoms with van der Waals surface area (Å²) in [6.45, 7) is 5.03. The van der Waals surface area contributed by atoms with Crippen LogP contribution in [-0.4, -0.2) is 24.4 Å². The van der Waals surface area contributed by atoms with Gasteiger partial charge in [0.1, 0.15) is 0 Å². The lowest BCUT2D eigenvalue weighted by Gasteiger charge is -2.15. The smallest absolute Gasteiger partial charge is 0.0518 e. The van der Waals surface area contributed by atoms with Crippen molar-refractivity contribution in [3.8, 4) is 0 Å². The van der Waals surface area contributed by atoms with Crippen LogP contribution in [0.15, 0.2) is 30.3 Å². The molecule has 1 aromatic rings. The van der Waals surface area contributed by atoms with Gasteiger partial charge < -0.3 is 9.84 Å². The molecule has 0 aliphatic heterocycles. The van der Waals surface area contributed by atoms with Crippen LogP contribution in [0, 0.1) is 5.92 Å². The second-order valence-corrected chi connectivity index (χ2v) is 4.45. The molecule has 2 heteroatoms. The summed E-state index contributed by atoms with van der Waals surface area (Å²) >= 11 is 0. The van der Waals surface area contributed by atoms with E-state index in [0.717, 1.165) is 19.4 Å². The van der Waals surface area contributed by atoms with Crippen LogP contribution in [0.3, 0.4) is 0 Å². The summed E-state index contributed by atoms with van der Waals surface area (Å²) < 4.78 is 5.50. The first-order chi connectivity index (χ1) is 7.72. The van der Waals surface area contributed by atoms with Crippen LogP contribution < -0.4 is 0 Å². The second-order valence-electron chi connectivity index (χ2n) is 4.45. The highest BCUT2D eigenvalue weighted by Gasteiger charge is 2.08. The first-order valence-electron chi connectivity index (χ1n) is 5.98. The molecule has 0 aliphatic rings. The maximum absolute atomic E-state index is 9.30. The molecule has 0 bridgehead atoms. The fourth-order valence-electron chi connectivity index (χ4n) is 1.68. The number of ether oxygens (including phenoxy) is 1. The number of aliphatic hydroxyl groups excluding tert-OH is 1. The fraction of sp³-hybridized carbons (Fsp3) is 0.571. The third kappa shape index (κ3) is 5.29. The minimum Gasteiger partial charge on any atom is -0.396 e. The van der Waals surface area contributed by atoms with Gasteiger partial charge >= 0.3 is 0 Å². The summed E-state index contributed by atoms with van der Waals surface area (Å²) in [7, 11) is 0. The summed E-state index contributed by atoms with van der Waals surface area (Å²) in [4.78, 5) is 0. The van der Waals surface area contributed by atoms with Crippen molar-refractivity contribution >= 4 is 0 Å². The molecule has 1 unspecified atom stereocenters. The number of benzene rings is 1. The molecule has 0 aromatic heterocycles. The molecule has 1 atom stereocenters. The lowest BCUT2D eigenvalue weighted by atomic mass is 9.97. The molecule has 0 fully saturated rings. The molecule has 90 valence electrons. The summed E-state index contributed by atoms with van der Waals surface area (Å²) in [5, 5.41) is 9.30. The fourth-order valence-corrected chi connectivity index (χ4v) is 1.68. The van der Waals surface area contributed by atoms with E-state index in [1.54, 1.807) is 0 Å². The Hall–Kier alpha value is -0.860. The highest BCUT2D eigenvalue weighted by molar-refractivity contribution is 5.15. The van der Waals surface area contributed by atoms with Gasteiger partial charge in [-0.15, -0.1) is 0 Å². The molecule has 0 saturated carbocycles. The minimum atomic E-state index is 0.232. The van der Waals surface area contributed by atoms with Gasteiger partial charge in [0.25, 0.3) is 0 Å². The zero-order valence-corrected chi connectivity index (χ0v) is 10.2. The van der Waals surface area contributed by atoms with Crippen molar-refractivity contribution in [2.45, 2.75) is 32.8 Å². The topological polar surface area (TPSA) is 29.5 Å². The van der Waals surface area contributed by atoms with E-state index in [9.17, 15) is 5.11 Å². The molecule has 2 nitrogen and oxygen atoms in total. The molecule has 1 aromatic carbocycles. The molecule has 1 N–H and O–H groups in total. The van der Waals surface area contributed by atoms with E-state index in [1.807, 2.05) is 32.0 Å². The van der Waals surface area contributed by atoms with E-state index >= 15 is 0 Å². The number of hydrogen-bond donors (Lipinski definition) is 1. The third-order valence-corrected chi connectivity index (χ3v) is 2.60. The van der Waals surface area contributed by atoms with Crippen molar-refractivity contribution in [3.63, 3.8) is 0 Å². The van der Waals surface area contributed by atoms with Crippen molar-refractivity contribution in [1.29, 1.82) is 0 Å². The van der Waals surface area contributed by atoms with Crippen LogP contribution in [0.2, 0.25) is 0 Å². The monoisotopic (exact) mass is 222 g/mol. The number of aliphatic hydroxyl groups is 1. The van der Waals surface area contributed by atoms with Gasteiger partial charge in [-0.05, 0) is 38.2 Å². The van der Waals surface area contributed by atoms with Gasteiger partial charge in [0.2, 0.25) is 0 Å². The molecule has 0 amide bonds. The molecule has 0 saturated heterocycles. The van der Waals surface area contributed by atoms with Gasteiger partial charge in [-0.1, -0.05) is 30.3 Å². The van der Waals surface area contributed by atoms with Gasteiger partial charge in [-0.25, -0.2) is 0 Å². The molecular formula is C14H22O2. The summed E-state index contributed by atoms with van der Waals surface area (Å²) in [6, 6.07) is 10.3. The standard InChI is InChI=1S/C14H22O2/c1-12(2)16-9-8-14(11-15)10-13-6-4-3-5-7-13/h3-7,12,14-15H,8-11H2,1-2H3. The van der Waals surface area contributed by atoms with Crippen molar-refractivity contribution in [2.75, 3.05) is 13.2 Å². The highest BCUT2D eigenvalue weighted by Crippen LogP contribution is 2.12. The predicted molar refractivity (Wildman–Crippen MR) is 66.4 cm³/mol. The summed E-state index contributed by atoms with van der Waals surface area (Å²) in [5.74, 6) is 0.307. The SMILES string of the molecule is CC(C)OCCC(CO)Cc1ccccc1. The second kappa shape index (κ2) is 7.42. The van der Waals surface area contributed by atoms with Gasteiger partial charge in [0, 0.05) is 13.2 Å². The summed E-state index contributed by atoms with van der Waals surface area (Å²) in [6.07, 6.45) is 2.12. The molecule has 0 heterocycles. The van der Waals surface area contributed by atoms with Crippen molar-refractivity contribution in [3.05, 3.63) is 35.9 Å². The quantitative estimate of drug-likeness (QED) is 0.768. The van der Waals surface area contributed by atoms with Crippen LogP contribution >= 0.6 is 0 Å².